The monoisotopic (exact) mass is 234 g/mol. The maximum Gasteiger partial charge on any atom is 0.407 e. The molecule has 1 spiro atoms. The molecule has 0 aromatic carbocycles. The predicted octanol–water partition coefficient (Wildman–Crippen LogP) is 1.58. The molecule has 1 N–H and O–H groups in total. The average Bonchev–Trinajstić information content (AvgIpc) is 2.70. The third-order valence-electron chi connectivity index (χ3n) is 3.74. The Hall–Kier alpha value is -1.62. The van der Waals surface area contributed by atoms with Crippen molar-refractivity contribution >= 4 is 6.09 Å². The Morgan fingerprint density at radius 3 is 2.94 bits per heavy atom. The first-order valence-corrected chi connectivity index (χ1v) is 5.76. The van der Waals surface area contributed by atoms with Crippen LogP contribution in [0.1, 0.15) is 24.0 Å². The van der Waals surface area contributed by atoms with Crippen LogP contribution in [-0.4, -0.2) is 34.2 Å². The Kier molecular flexibility index (Phi) is 2.29. The van der Waals surface area contributed by atoms with Crippen molar-refractivity contribution in [1.29, 1.82) is 0 Å². The number of hydrogen-bond acceptors (Lipinski definition) is 3. The second-order valence-corrected chi connectivity index (χ2v) is 4.59. The molecule has 0 bridgehead atoms. The number of aromatic nitrogens is 1. The molecule has 1 saturated heterocycles. The summed E-state index contributed by atoms with van der Waals surface area (Å²) in [6.45, 7) is 1.67. The number of carbonyl (C=O) groups is 1. The van der Waals surface area contributed by atoms with E-state index in [0.29, 0.717) is 19.7 Å². The quantitative estimate of drug-likeness (QED) is 0.740. The minimum Gasteiger partial charge on any atom is -0.465 e. The molecule has 90 valence electrons. The third kappa shape index (κ3) is 1.58. The Balaban J connectivity index is 1.85. The fourth-order valence-electron chi connectivity index (χ4n) is 2.75. The largest absolute Gasteiger partial charge is 0.465 e. The molecule has 1 aromatic heterocycles. The molecule has 1 aromatic rings. The second-order valence-electron chi connectivity index (χ2n) is 4.59. The highest BCUT2D eigenvalue weighted by molar-refractivity contribution is 5.65. The number of amides is 1. The van der Waals surface area contributed by atoms with Crippen LogP contribution in [0.5, 0.6) is 0 Å². The summed E-state index contributed by atoms with van der Waals surface area (Å²) in [6.07, 6.45) is 4.24. The number of rotatable bonds is 0. The molecule has 17 heavy (non-hydrogen) atoms. The molecule has 0 atom stereocenters. The molecular formula is C12H14N2O3. The molecule has 0 radical (unpaired) electrons. The van der Waals surface area contributed by atoms with E-state index in [4.69, 9.17) is 9.84 Å². The van der Waals surface area contributed by atoms with Crippen molar-refractivity contribution < 1.29 is 14.6 Å². The molecule has 0 saturated carbocycles. The maximum atomic E-state index is 10.9. The zero-order valence-electron chi connectivity index (χ0n) is 9.43. The number of hydrogen-bond donors (Lipinski definition) is 1. The van der Waals surface area contributed by atoms with E-state index in [9.17, 15) is 4.79 Å². The molecule has 1 amide bonds. The van der Waals surface area contributed by atoms with Gasteiger partial charge < -0.3 is 14.7 Å². The van der Waals surface area contributed by atoms with Gasteiger partial charge in [-0.25, -0.2) is 4.79 Å². The van der Waals surface area contributed by atoms with Gasteiger partial charge in [-0.3, -0.25) is 4.98 Å². The summed E-state index contributed by atoms with van der Waals surface area (Å²) >= 11 is 0. The molecule has 3 rings (SSSR count). The van der Waals surface area contributed by atoms with Crippen molar-refractivity contribution in [2.45, 2.75) is 25.0 Å². The van der Waals surface area contributed by atoms with Crippen LogP contribution in [0.25, 0.3) is 0 Å². The van der Waals surface area contributed by atoms with Crippen LogP contribution in [0.3, 0.4) is 0 Å². The van der Waals surface area contributed by atoms with Crippen molar-refractivity contribution in [2.24, 2.45) is 0 Å². The number of nitrogens with zero attached hydrogens (tertiary/aromatic N) is 2. The van der Waals surface area contributed by atoms with E-state index >= 15 is 0 Å². The van der Waals surface area contributed by atoms with Crippen LogP contribution in [0, 0.1) is 0 Å². The Bertz CT molecular complexity index is 453. The Morgan fingerprint density at radius 1 is 1.47 bits per heavy atom. The van der Waals surface area contributed by atoms with E-state index in [1.807, 2.05) is 12.3 Å². The molecule has 2 aliphatic rings. The van der Waals surface area contributed by atoms with Crippen molar-refractivity contribution in [3.63, 3.8) is 0 Å². The summed E-state index contributed by atoms with van der Waals surface area (Å²) in [7, 11) is 0. The smallest absolute Gasteiger partial charge is 0.407 e. The lowest BCUT2D eigenvalue weighted by atomic mass is 9.84. The molecule has 3 heterocycles. The van der Waals surface area contributed by atoms with Gasteiger partial charge >= 0.3 is 6.09 Å². The number of likely N-dealkylation sites (tertiary alicyclic amines) is 1. The first-order valence-electron chi connectivity index (χ1n) is 5.76. The third-order valence-corrected chi connectivity index (χ3v) is 3.74. The molecule has 2 aliphatic heterocycles. The minimum absolute atomic E-state index is 0.274. The number of ether oxygens (including phenoxy) is 1. The molecule has 1 fully saturated rings. The van der Waals surface area contributed by atoms with Gasteiger partial charge in [0.1, 0.15) is 0 Å². The highest BCUT2D eigenvalue weighted by atomic mass is 16.5. The van der Waals surface area contributed by atoms with Gasteiger partial charge in [-0.1, -0.05) is 0 Å². The van der Waals surface area contributed by atoms with Crippen LogP contribution in [-0.2, 0) is 16.9 Å². The van der Waals surface area contributed by atoms with Crippen LogP contribution in [0.15, 0.2) is 18.5 Å². The Morgan fingerprint density at radius 2 is 2.24 bits per heavy atom. The van der Waals surface area contributed by atoms with E-state index in [-0.39, 0.29) is 5.60 Å². The van der Waals surface area contributed by atoms with Crippen molar-refractivity contribution in [1.82, 2.24) is 9.88 Å². The number of carboxylic acid groups (broad SMARTS) is 1. The molecule has 0 aliphatic carbocycles. The molecule has 0 unspecified atom stereocenters. The minimum atomic E-state index is -0.840. The van der Waals surface area contributed by atoms with Gasteiger partial charge in [0.2, 0.25) is 0 Å². The van der Waals surface area contributed by atoms with Crippen molar-refractivity contribution in [3.05, 3.63) is 29.6 Å². The maximum absolute atomic E-state index is 10.9. The lowest BCUT2D eigenvalue weighted by Gasteiger charge is -2.38. The van der Waals surface area contributed by atoms with E-state index in [1.165, 1.54) is 10.5 Å². The van der Waals surface area contributed by atoms with Crippen molar-refractivity contribution in [2.75, 3.05) is 13.1 Å². The van der Waals surface area contributed by atoms with Crippen LogP contribution in [0.4, 0.5) is 4.79 Å². The van der Waals surface area contributed by atoms with Gasteiger partial charge in [0.15, 0.2) is 0 Å². The zero-order chi connectivity index (χ0) is 11.9. The first-order chi connectivity index (χ1) is 8.21. The highest BCUT2D eigenvalue weighted by Crippen LogP contribution is 2.43. The van der Waals surface area contributed by atoms with Crippen LogP contribution < -0.4 is 0 Å². The van der Waals surface area contributed by atoms with Crippen LogP contribution >= 0.6 is 0 Å². The van der Waals surface area contributed by atoms with Crippen LogP contribution in [0.2, 0.25) is 0 Å². The zero-order valence-corrected chi connectivity index (χ0v) is 9.43. The predicted molar refractivity (Wildman–Crippen MR) is 59.5 cm³/mol. The normalized spacial score (nSPS) is 21.5. The topological polar surface area (TPSA) is 62.7 Å². The number of piperidine rings is 1. The summed E-state index contributed by atoms with van der Waals surface area (Å²) in [6, 6.07) is 2.00. The van der Waals surface area contributed by atoms with E-state index < -0.39 is 6.09 Å². The molecular weight excluding hydrogens is 220 g/mol. The highest BCUT2D eigenvalue weighted by Gasteiger charge is 2.43. The van der Waals surface area contributed by atoms with E-state index in [1.54, 1.807) is 6.20 Å². The fraction of sp³-hybridized carbons (Fsp3) is 0.500. The van der Waals surface area contributed by atoms with Gasteiger partial charge in [0, 0.05) is 31.0 Å². The number of fused-ring (bicyclic) bond motifs is 2. The Labute approximate surface area is 99.0 Å². The molecule has 5 nitrogen and oxygen atoms in total. The standard InChI is InChI=1S/C12H14N2O3/c15-11(16)14-5-2-12(3-6-14)10-1-4-13-7-9(10)8-17-12/h1,4,7H,2-3,5-6,8H2,(H,15,16). The van der Waals surface area contributed by atoms with Gasteiger partial charge in [0.05, 0.1) is 12.2 Å². The summed E-state index contributed by atoms with van der Waals surface area (Å²) in [5.74, 6) is 0. The molecule has 5 heteroatoms. The summed E-state index contributed by atoms with van der Waals surface area (Å²) in [4.78, 5) is 16.4. The summed E-state index contributed by atoms with van der Waals surface area (Å²) in [5.41, 5.74) is 2.05. The van der Waals surface area contributed by atoms with E-state index in [2.05, 4.69) is 4.98 Å². The first kappa shape index (κ1) is 10.5. The van der Waals surface area contributed by atoms with Crippen molar-refractivity contribution in [3.8, 4) is 0 Å². The average molecular weight is 234 g/mol. The fourth-order valence-corrected chi connectivity index (χ4v) is 2.75. The van der Waals surface area contributed by atoms with Gasteiger partial charge in [-0.05, 0) is 24.5 Å². The SMILES string of the molecule is O=C(O)N1CCC2(CC1)OCc1cnccc12. The van der Waals surface area contributed by atoms with Gasteiger partial charge in [-0.15, -0.1) is 0 Å². The van der Waals surface area contributed by atoms with Gasteiger partial charge in [-0.2, -0.15) is 0 Å². The lowest BCUT2D eigenvalue weighted by Crippen LogP contribution is -2.44. The summed E-state index contributed by atoms with van der Waals surface area (Å²) in [5, 5.41) is 8.94. The van der Waals surface area contributed by atoms with Gasteiger partial charge in [0.25, 0.3) is 0 Å². The van der Waals surface area contributed by atoms with E-state index in [0.717, 1.165) is 18.4 Å². The summed E-state index contributed by atoms with van der Waals surface area (Å²) < 4.78 is 5.92. The number of pyridine rings is 1. The lowest BCUT2D eigenvalue weighted by molar-refractivity contribution is -0.0750. The second kappa shape index (κ2) is 3.70.